The van der Waals surface area contributed by atoms with Gasteiger partial charge in [-0.05, 0) is 37.3 Å². The summed E-state index contributed by atoms with van der Waals surface area (Å²) >= 11 is 1.06. The summed E-state index contributed by atoms with van der Waals surface area (Å²) in [4.78, 5) is 2.54. The lowest BCUT2D eigenvalue weighted by atomic mass is 10.1. The van der Waals surface area contributed by atoms with Crippen molar-refractivity contribution in [1.29, 1.82) is 0 Å². The average Bonchev–Trinajstić information content (AvgIpc) is 3.38. The van der Waals surface area contributed by atoms with Crippen LogP contribution in [0.25, 0.3) is 26.7 Å². The summed E-state index contributed by atoms with van der Waals surface area (Å²) in [5.74, 6) is -0.189. The first-order valence-corrected chi connectivity index (χ1v) is 15.9. The summed E-state index contributed by atoms with van der Waals surface area (Å²) in [6.07, 6.45) is 0. The number of azo groups is 1. The van der Waals surface area contributed by atoms with Gasteiger partial charge in [-0.15, -0.1) is 10.2 Å². The molecular weight excluding hydrogens is 609 g/mol. The Bertz CT molecular complexity index is 2220. The van der Waals surface area contributed by atoms with E-state index in [2.05, 4.69) is 20.3 Å². The molecular formula is C21H16N6O9S4. The van der Waals surface area contributed by atoms with E-state index in [4.69, 9.17) is 5.73 Å². The fourth-order valence-electron chi connectivity index (χ4n) is 3.99. The van der Waals surface area contributed by atoms with Crippen molar-refractivity contribution in [2.75, 3.05) is 5.73 Å². The molecule has 0 fully saturated rings. The second-order valence-electron chi connectivity index (χ2n) is 8.25. The Labute approximate surface area is 229 Å². The number of nitrogens with zero attached hydrogens (tertiary/aromatic N) is 5. The number of rotatable bonds is 6. The zero-order valence-electron chi connectivity index (χ0n) is 19.9. The molecule has 0 aliphatic heterocycles. The molecule has 5 aromatic rings. The van der Waals surface area contributed by atoms with Crippen molar-refractivity contribution >= 4 is 79.3 Å². The normalized spacial score (nSPS) is 13.1. The Morgan fingerprint density at radius 3 is 2.25 bits per heavy atom. The molecule has 15 nitrogen and oxygen atoms in total. The van der Waals surface area contributed by atoms with Gasteiger partial charge in [0.1, 0.15) is 9.79 Å². The highest BCUT2D eigenvalue weighted by atomic mass is 32.2. The standard InChI is InChI=1S/C21H16N6O9S4/c1-10-18(24-25-21-23-14-9-11(38(28,29)30)5-8-16(14)37-21)20(22)27(26-10)15-7-6-12-13(19(15)40(34,35)36)3-2-4-17(12)39(31,32)33/h2-9H,22H2,1H3,(H,28,29,30)(H,31,32,33)(H,34,35,36). The van der Waals surface area contributed by atoms with E-state index >= 15 is 0 Å². The number of benzene rings is 3. The molecule has 2 aromatic heterocycles. The second kappa shape index (κ2) is 9.37. The molecule has 0 aliphatic rings. The molecule has 19 heteroatoms. The molecule has 0 saturated heterocycles. The van der Waals surface area contributed by atoms with Gasteiger partial charge in [-0.25, -0.2) is 9.67 Å². The maximum atomic E-state index is 12.4. The minimum absolute atomic E-state index is 0.0194. The van der Waals surface area contributed by atoms with Crippen molar-refractivity contribution in [2.45, 2.75) is 21.6 Å². The fraction of sp³-hybridized carbons (Fsp3) is 0.0476. The van der Waals surface area contributed by atoms with Crippen molar-refractivity contribution in [3.63, 3.8) is 0 Å². The maximum Gasteiger partial charge on any atom is 0.297 e. The van der Waals surface area contributed by atoms with Crippen LogP contribution in [0.3, 0.4) is 0 Å². The van der Waals surface area contributed by atoms with Crippen molar-refractivity contribution in [2.24, 2.45) is 10.2 Å². The monoisotopic (exact) mass is 624 g/mol. The van der Waals surface area contributed by atoms with E-state index in [0.717, 1.165) is 28.2 Å². The molecule has 5 N–H and O–H groups in total. The molecule has 0 aliphatic carbocycles. The lowest BCUT2D eigenvalue weighted by Crippen LogP contribution is -2.10. The first-order chi connectivity index (χ1) is 18.6. The third-order valence-electron chi connectivity index (χ3n) is 5.66. The number of nitrogens with two attached hydrogens (primary N) is 1. The summed E-state index contributed by atoms with van der Waals surface area (Å²) in [6.45, 7) is 1.50. The summed E-state index contributed by atoms with van der Waals surface area (Å²) in [5, 5.41) is 12.0. The van der Waals surface area contributed by atoms with E-state index in [9.17, 15) is 38.9 Å². The van der Waals surface area contributed by atoms with Gasteiger partial charge in [0.2, 0.25) is 5.13 Å². The van der Waals surface area contributed by atoms with Gasteiger partial charge < -0.3 is 5.73 Å². The second-order valence-corrected chi connectivity index (χ2v) is 13.4. The highest BCUT2D eigenvalue weighted by Gasteiger charge is 2.26. The quantitative estimate of drug-likeness (QED) is 0.156. The highest BCUT2D eigenvalue weighted by molar-refractivity contribution is 7.86. The topological polar surface area (TPSA) is 245 Å². The summed E-state index contributed by atoms with van der Waals surface area (Å²) in [5.41, 5.74) is 6.45. The summed E-state index contributed by atoms with van der Waals surface area (Å²) in [7, 11) is -14.2. The number of aromatic nitrogens is 3. The number of hydrogen-bond acceptors (Lipinski definition) is 12. The first-order valence-electron chi connectivity index (χ1n) is 10.7. The molecule has 0 bridgehead atoms. The van der Waals surface area contributed by atoms with E-state index in [1.54, 1.807) is 0 Å². The molecule has 0 unspecified atom stereocenters. The molecule has 0 spiro atoms. The Hall–Kier alpha value is -3.85. The van der Waals surface area contributed by atoms with Crippen LogP contribution in [-0.4, -0.2) is 53.7 Å². The van der Waals surface area contributed by atoms with Crippen LogP contribution < -0.4 is 5.73 Å². The van der Waals surface area contributed by atoms with E-state index in [-0.39, 0.29) is 49.2 Å². The third kappa shape index (κ3) is 4.94. The van der Waals surface area contributed by atoms with Crippen LogP contribution in [0.1, 0.15) is 5.69 Å². The zero-order chi connectivity index (χ0) is 29.2. The number of aryl methyl sites for hydroxylation is 1. The number of hydrogen-bond donors (Lipinski definition) is 4. The fourth-order valence-corrected chi connectivity index (χ4v) is 6.84. The van der Waals surface area contributed by atoms with Crippen LogP contribution in [0.5, 0.6) is 0 Å². The van der Waals surface area contributed by atoms with Crippen molar-refractivity contribution < 1.29 is 38.9 Å². The molecule has 208 valence electrons. The van der Waals surface area contributed by atoms with E-state index in [1.807, 2.05) is 0 Å². The lowest BCUT2D eigenvalue weighted by Gasteiger charge is -2.13. The number of nitrogen functional groups attached to an aromatic ring is 1. The zero-order valence-corrected chi connectivity index (χ0v) is 23.1. The van der Waals surface area contributed by atoms with Gasteiger partial charge in [0.15, 0.2) is 11.5 Å². The van der Waals surface area contributed by atoms with Crippen LogP contribution in [0.2, 0.25) is 0 Å². The van der Waals surface area contributed by atoms with Gasteiger partial charge in [-0.2, -0.15) is 30.4 Å². The Morgan fingerprint density at radius 1 is 0.875 bits per heavy atom. The Kier molecular flexibility index (Phi) is 6.49. The van der Waals surface area contributed by atoms with Crippen molar-refractivity contribution in [3.05, 3.63) is 54.2 Å². The van der Waals surface area contributed by atoms with Crippen LogP contribution in [0, 0.1) is 6.92 Å². The van der Waals surface area contributed by atoms with Crippen LogP contribution in [0.15, 0.2) is 73.4 Å². The lowest BCUT2D eigenvalue weighted by molar-refractivity contribution is 0.480. The van der Waals surface area contributed by atoms with Gasteiger partial charge in [0.05, 0.1) is 26.5 Å². The number of anilines is 1. The Balaban J connectivity index is 1.63. The Morgan fingerprint density at radius 2 is 1.60 bits per heavy atom. The SMILES string of the molecule is Cc1nn(-c2ccc3c(S(=O)(=O)O)cccc3c2S(=O)(=O)O)c(N)c1N=Nc1nc2cc(S(=O)(=O)O)ccc2s1. The molecule has 5 rings (SSSR count). The smallest absolute Gasteiger partial charge is 0.297 e. The van der Waals surface area contributed by atoms with E-state index in [1.165, 1.54) is 43.3 Å². The maximum absolute atomic E-state index is 12.4. The van der Waals surface area contributed by atoms with Crippen LogP contribution >= 0.6 is 11.3 Å². The van der Waals surface area contributed by atoms with Gasteiger partial charge in [0.25, 0.3) is 30.4 Å². The molecule has 40 heavy (non-hydrogen) atoms. The van der Waals surface area contributed by atoms with Crippen molar-refractivity contribution in [1.82, 2.24) is 14.8 Å². The van der Waals surface area contributed by atoms with Crippen molar-refractivity contribution in [3.8, 4) is 5.69 Å². The van der Waals surface area contributed by atoms with Crippen LogP contribution in [-0.2, 0) is 30.4 Å². The first kappa shape index (κ1) is 27.7. The molecule has 0 amide bonds. The van der Waals surface area contributed by atoms with E-state index in [0.29, 0.717) is 4.70 Å². The number of thiazole rings is 1. The largest absolute Gasteiger partial charge is 0.382 e. The minimum atomic E-state index is -4.99. The summed E-state index contributed by atoms with van der Waals surface area (Å²) < 4.78 is 102. The molecule has 0 saturated carbocycles. The van der Waals surface area contributed by atoms with Gasteiger partial charge in [-0.1, -0.05) is 29.5 Å². The molecule has 0 radical (unpaired) electrons. The minimum Gasteiger partial charge on any atom is -0.382 e. The predicted molar refractivity (Wildman–Crippen MR) is 143 cm³/mol. The third-order valence-corrected chi connectivity index (χ3v) is 9.29. The average molecular weight is 625 g/mol. The van der Waals surface area contributed by atoms with Gasteiger partial charge >= 0.3 is 0 Å². The molecule has 3 aromatic carbocycles. The predicted octanol–water partition coefficient (Wildman–Crippen LogP) is 3.68. The van der Waals surface area contributed by atoms with Crippen LogP contribution in [0.4, 0.5) is 16.6 Å². The van der Waals surface area contributed by atoms with E-state index < -0.39 is 40.1 Å². The molecule has 0 atom stereocenters. The highest BCUT2D eigenvalue weighted by Crippen LogP contribution is 2.37. The van der Waals surface area contributed by atoms with Gasteiger partial charge in [-0.3, -0.25) is 13.7 Å². The van der Waals surface area contributed by atoms with Gasteiger partial charge in [0, 0.05) is 10.8 Å². The summed E-state index contributed by atoms with van der Waals surface area (Å²) in [6, 6.07) is 9.70. The molecule has 2 heterocycles. The number of fused-ring (bicyclic) bond motifs is 2.